The van der Waals surface area contributed by atoms with Gasteiger partial charge in [-0.2, -0.15) is 13.2 Å². The van der Waals surface area contributed by atoms with Crippen LogP contribution in [0.3, 0.4) is 0 Å². The molecule has 0 bridgehead atoms. The third-order valence-electron chi connectivity index (χ3n) is 2.87. The minimum Gasteiger partial charge on any atom is -0.361 e. The van der Waals surface area contributed by atoms with E-state index in [1.165, 1.54) is 4.90 Å². The molecule has 21 heavy (non-hydrogen) atoms. The zero-order valence-electron chi connectivity index (χ0n) is 11.2. The van der Waals surface area contributed by atoms with Gasteiger partial charge in [0.2, 0.25) is 0 Å². The van der Waals surface area contributed by atoms with Crippen LogP contribution in [0.15, 0.2) is 12.1 Å². The summed E-state index contributed by atoms with van der Waals surface area (Å²) in [6, 6.07) is 0.640. The largest absolute Gasteiger partial charge is 0.416 e. The fourth-order valence-electron chi connectivity index (χ4n) is 1.91. The molecule has 0 amide bonds. The Morgan fingerprint density at radius 3 is 1.67 bits per heavy atom. The summed E-state index contributed by atoms with van der Waals surface area (Å²) in [5.74, 6) is 0. The van der Waals surface area contributed by atoms with E-state index in [-0.39, 0.29) is 13.1 Å². The van der Waals surface area contributed by atoms with E-state index in [9.17, 15) is 33.4 Å². The summed E-state index contributed by atoms with van der Waals surface area (Å²) in [4.78, 5) is 21.2. The molecular weight excluding hydrogens is 295 g/mol. The first-order valence-electron chi connectivity index (χ1n) is 5.92. The van der Waals surface area contributed by atoms with Gasteiger partial charge in [-0.3, -0.25) is 20.2 Å². The molecule has 0 saturated heterocycles. The Bertz CT molecular complexity index is 535. The number of alkyl halides is 3. The van der Waals surface area contributed by atoms with E-state index in [1.807, 2.05) is 0 Å². The lowest BCUT2D eigenvalue weighted by Gasteiger charge is -2.21. The molecule has 0 atom stereocenters. The highest BCUT2D eigenvalue weighted by Gasteiger charge is 2.38. The quantitative estimate of drug-likeness (QED) is 0.614. The van der Waals surface area contributed by atoms with E-state index < -0.39 is 38.6 Å². The molecule has 116 valence electrons. The summed E-state index contributed by atoms with van der Waals surface area (Å²) in [5.41, 5.74) is -3.69. The molecule has 1 rings (SSSR count). The lowest BCUT2D eigenvalue weighted by atomic mass is 10.1. The van der Waals surface area contributed by atoms with Crippen molar-refractivity contribution < 1.29 is 23.0 Å². The van der Waals surface area contributed by atoms with E-state index in [1.54, 1.807) is 13.8 Å². The van der Waals surface area contributed by atoms with Crippen molar-refractivity contribution in [3.8, 4) is 0 Å². The minimum absolute atomic E-state index is 0.184. The maximum Gasteiger partial charge on any atom is 0.416 e. The van der Waals surface area contributed by atoms with Crippen LogP contribution in [0.4, 0.5) is 30.2 Å². The maximum absolute atomic E-state index is 12.7. The number of rotatable bonds is 5. The van der Waals surface area contributed by atoms with Crippen LogP contribution in [0.1, 0.15) is 19.4 Å². The molecule has 0 saturated carbocycles. The van der Waals surface area contributed by atoms with Crippen LogP contribution in [0, 0.1) is 20.2 Å². The fourth-order valence-corrected chi connectivity index (χ4v) is 1.91. The van der Waals surface area contributed by atoms with Gasteiger partial charge in [-0.05, 0) is 13.8 Å². The molecule has 0 radical (unpaired) electrons. The first kappa shape index (κ1) is 16.7. The van der Waals surface area contributed by atoms with E-state index in [0.717, 1.165) is 0 Å². The second-order valence-corrected chi connectivity index (χ2v) is 4.05. The number of halogens is 3. The van der Waals surface area contributed by atoms with Crippen molar-refractivity contribution in [1.82, 2.24) is 0 Å². The average molecular weight is 307 g/mol. The van der Waals surface area contributed by atoms with Crippen LogP contribution < -0.4 is 4.90 Å². The minimum atomic E-state index is -4.91. The van der Waals surface area contributed by atoms with Crippen molar-refractivity contribution in [3.05, 3.63) is 37.9 Å². The van der Waals surface area contributed by atoms with Gasteiger partial charge in [0.1, 0.15) is 0 Å². The van der Waals surface area contributed by atoms with Gasteiger partial charge in [0, 0.05) is 25.2 Å². The lowest BCUT2D eigenvalue weighted by Crippen LogP contribution is -2.24. The number of benzene rings is 1. The maximum atomic E-state index is 12.7. The number of hydrogen-bond acceptors (Lipinski definition) is 5. The Kier molecular flexibility index (Phi) is 4.71. The lowest BCUT2D eigenvalue weighted by molar-refractivity contribution is -0.393. The number of anilines is 1. The van der Waals surface area contributed by atoms with Crippen LogP contribution >= 0.6 is 0 Å². The Morgan fingerprint density at radius 1 is 1.05 bits per heavy atom. The van der Waals surface area contributed by atoms with Gasteiger partial charge < -0.3 is 4.90 Å². The van der Waals surface area contributed by atoms with Crippen molar-refractivity contribution in [2.45, 2.75) is 20.0 Å². The van der Waals surface area contributed by atoms with Crippen molar-refractivity contribution in [3.63, 3.8) is 0 Å². The predicted octanol–water partition coefficient (Wildman–Crippen LogP) is 3.37. The standard InChI is InChI=1S/C11H12F3N3O4/c1-3-15(4-2)10-8(16(18)19)5-7(11(12,13)14)6-9(10)17(20)21/h5-6H,3-4H2,1-2H3. The second kappa shape index (κ2) is 5.94. The van der Waals surface area contributed by atoms with E-state index >= 15 is 0 Å². The molecule has 0 aliphatic heterocycles. The molecule has 0 aliphatic rings. The van der Waals surface area contributed by atoms with Gasteiger partial charge in [-0.25, -0.2) is 0 Å². The van der Waals surface area contributed by atoms with Crippen LogP contribution in [0.2, 0.25) is 0 Å². The van der Waals surface area contributed by atoms with Crippen LogP contribution in [-0.2, 0) is 6.18 Å². The Hall–Kier alpha value is -2.39. The van der Waals surface area contributed by atoms with Gasteiger partial charge in [-0.1, -0.05) is 0 Å². The molecule has 0 spiro atoms. The van der Waals surface area contributed by atoms with Gasteiger partial charge in [-0.15, -0.1) is 0 Å². The number of nitrogens with zero attached hydrogens (tertiary/aromatic N) is 3. The molecule has 0 fully saturated rings. The van der Waals surface area contributed by atoms with Crippen LogP contribution in [0.5, 0.6) is 0 Å². The summed E-state index contributed by atoms with van der Waals surface area (Å²) in [7, 11) is 0. The topological polar surface area (TPSA) is 89.5 Å². The molecule has 1 aromatic rings. The van der Waals surface area contributed by atoms with Crippen molar-refractivity contribution in [1.29, 1.82) is 0 Å². The smallest absolute Gasteiger partial charge is 0.361 e. The van der Waals surface area contributed by atoms with E-state index in [0.29, 0.717) is 12.1 Å². The number of nitro benzene ring substituents is 2. The van der Waals surface area contributed by atoms with E-state index in [4.69, 9.17) is 0 Å². The van der Waals surface area contributed by atoms with Gasteiger partial charge in [0.15, 0.2) is 5.69 Å². The third kappa shape index (κ3) is 3.38. The first-order valence-corrected chi connectivity index (χ1v) is 5.92. The van der Waals surface area contributed by atoms with Crippen LogP contribution in [-0.4, -0.2) is 22.9 Å². The van der Waals surface area contributed by atoms with Crippen molar-refractivity contribution in [2.75, 3.05) is 18.0 Å². The predicted molar refractivity (Wildman–Crippen MR) is 68.3 cm³/mol. The molecule has 0 N–H and O–H groups in total. The molecule has 0 aromatic heterocycles. The highest BCUT2D eigenvalue weighted by atomic mass is 19.4. The summed E-state index contributed by atoms with van der Waals surface area (Å²) < 4.78 is 38.1. The van der Waals surface area contributed by atoms with Gasteiger partial charge in [0.25, 0.3) is 11.4 Å². The zero-order chi connectivity index (χ0) is 16.4. The fraction of sp³-hybridized carbons (Fsp3) is 0.455. The summed E-state index contributed by atoms with van der Waals surface area (Å²) in [6.07, 6.45) is -4.91. The Morgan fingerprint density at radius 2 is 1.43 bits per heavy atom. The van der Waals surface area contributed by atoms with Gasteiger partial charge >= 0.3 is 6.18 Å². The third-order valence-corrected chi connectivity index (χ3v) is 2.87. The second-order valence-electron chi connectivity index (χ2n) is 4.05. The highest BCUT2D eigenvalue weighted by molar-refractivity contribution is 5.76. The average Bonchev–Trinajstić information content (AvgIpc) is 2.38. The summed E-state index contributed by atoms with van der Waals surface area (Å²) in [5, 5.41) is 22.0. The molecule has 1 aromatic carbocycles. The Balaban J connectivity index is 3.75. The first-order chi connectivity index (χ1) is 9.63. The summed E-state index contributed by atoms with van der Waals surface area (Å²) in [6.45, 7) is 3.55. The molecule has 0 heterocycles. The van der Waals surface area contributed by atoms with Gasteiger partial charge in [0.05, 0.1) is 15.4 Å². The number of hydrogen-bond donors (Lipinski definition) is 0. The normalized spacial score (nSPS) is 11.3. The molecular formula is C11H12F3N3O4. The summed E-state index contributed by atoms with van der Waals surface area (Å²) >= 11 is 0. The van der Waals surface area contributed by atoms with Crippen molar-refractivity contribution in [2.24, 2.45) is 0 Å². The monoisotopic (exact) mass is 307 g/mol. The zero-order valence-corrected chi connectivity index (χ0v) is 11.2. The molecule has 10 heteroatoms. The highest BCUT2D eigenvalue weighted by Crippen LogP contribution is 2.42. The van der Waals surface area contributed by atoms with Crippen molar-refractivity contribution >= 4 is 17.1 Å². The number of nitro groups is 2. The molecule has 0 aliphatic carbocycles. The Labute approximate surface area is 117 Å². The molecule has 7 nitrogen and oxygen atoms in total. The van der Waals surface area contributed by atoms with E-state index in [2.05, 4.69) is 0 Å². The molecule has 0 unspecified atom stereocenters. The SMILES string of the molecule is CCN(CC)c1c([N+](=O)[O-])cc(C(F)(F)F)cc1[N+](=O)[O-]. The van der Waals surface area contributed by atoms with Crippen LogP contribution in [0.25, 0.3) is 0 Å².